The number of aliphatic hydroxyl groups is 2. The first kappa shape index (κ1) is 72.3. The fraction of sp³-hybridized carbons (Fsp3) is 0.912. The lowest BCUT2D eigenvalue weighted by molar-refractivity contribution is -0.143. The Balaban J connectivity index is 3.33. The lowest BCUT2D eigenvalue weighted by Gasteiger charge is -2.20. The zero-order chi connectivity index (χ0) is 53.6. The molecule has 0 saturated heterocycles. The van der Waals surface area contributed by atoms with E-state index >= 15 is 0 Å². The smallest absolute Gasteiger partial charge is 0.305 e. The van der Waals surface area contributed by atoms with Gasteiger partial charge in [0.05, 0.1) is 25.4 Å². The molecule has 3 N–H and O–H groups in total. The van der Waals surface area contributed by atoms with Gasteiger partial charge in [-0.2, -0.15) is 0 Å². The molecule has 0 radical (unpaired) electrons. The van der Waals surface area contributed by atoms with Gasteiger partial charge in [0.2, 0.25) is 5.91 Å². The number of aliphatic hydroxyl groups excluding tert-OH is 2. The van der Waals surface area contributed by atoms with Gasteiger partial charge in [-0.15, -0.1) is 0 Å². The van der Waals surface area contributed by atoms with Gasteiger partial charge in [0.1, 0.15) is 0 Å². The molecule has 6 nitrogen and oxygen atoms in total. The molecule has 0 saturated carbocycles. The Kier molecular flexibility index (Phi) is 62.4. The average molecular weight is 1040 g/mol. The standard InChI is InChI=1S/C68H131NO5/c1-3-5-7-9-11-13-15-16-35-39-42-46-50-54-58-62-68(73)74-63-59-55-51-47-43-40-37-34-32-30-28-26-24-22-20-18-17-19-21-23-25-27-29-31-33-36-38-41-45-49-53-57-61-67(72)69-65(64-70)66(71)60-56-52-48-44-14-12-10-8-6-4-2/h20,22,56,60,65-66,70-71H,3-19,21,23-55,57-59,61-64H2,1-2H3,(H,69,72)/b22-20-,60-56+. The van der Waals surface area contributed by atoms with Crippen molar-refractivity contribution in [3.63, 3.8) is 0 Å². The largest absolute Gasteiger partial charge is 0.466 e. The molecule has 0 fully saturated rings. The van der Waals surface area contributed by atoms with E-state index < -0.39 is 12.1 Å². The maximum absolute atomic E-state index is 12.4. The second-order valence-electron chi connectivity index (χ2n) is 23.2. The first-order valence-corrected chi connectivity index (χ1v) is 33.6. The van der Waals surface area contributed by atoms with Gasteiger partial charge in [-0.1, -0.05) is 327 Å². The first-order valence-electron chi connectivity index (χ1n) is 33.6. The van der Waals surface area contributed by atoms with E-state index in [2.05, 4.69) is 31.3 Å². The SMILES string of the molecule is CCCCCCCCCC/C=C/C(O)C(CO)NC(=O)CCCCCCCCCCCCCCCCCC/C=C\CCCCCCCCCCCCCCOC(=O)CCCCCCCCCCCCCCCCC. The molecule has 0 aliphatic carbocycles. The summed E-state index contributed by atoms with van der Waals surface area (Å²) >= 11 is 0. The van der Waals surface area contributed by atoms with Gasteiger partial charge in [0.15, 0.2) is 0 Å². The first-order chi connectivity index (χ1) is 36.5. The van der Waals surface area contributed by atoms with Crippen LogP contribution in [-0.4, -0.2) is 47.4 Å². The molecule has 0 bridgehead atoms. The van der Waals surface area contributed by atoms with Crippen molar-refractivity contribution in [2.75, 3.05) is 13.2 Å². The minimum absolute atomic E-state index is 0.0212. The molecule has 0 heterocycles. The molecule has 1 amide bonds. The fourth-order valence-electron chi connectivity index (χ4n) is 10.6. The molecule has 0 aliphatic rings. The number of carbonyl (C=O) groups is 2. The summed E-state index contributed by atoms with van der Waals surface area (Å²) in [4.78, 5) is 24.5. The van der Waals surface area contributed by atoms with Crippen molar-refractivity contribution >= 4 is 11.9 Å². The summed E-state index contributed by atoms with van der Waals surface area (Å²) in [6.45, 7) is 4.91. The van der Waals surface area contributed by atoms with Crippen molar-refractivity contribution in [2.24, 2.45) is 0 Å². The van der Waals surface area contributed by atoms with Crippen molar-refractivity contribution in [3.8, 4) is 0 Å². The van der Waals surface area contributed by atoms with Crippen LogP contribution >= 0.6 is 0 Å². The predicted octanol–water partition coefficient (Wildman–Crippen LogP) is 21.4. The zero-order valence-corrected chi connectivity index (χ0v) is 50.1. The number of ether oxygens (including phenoxy) is 1. The number of hydrogen-bond donors (Lipinski definition) is 3. The molecule has 0 aromatic heterocycles. The van der Waals surface area contributed by atoms with Crippen LogP contribution in [0.1, 0.15) is 373 Å². The molecule has 6 heteroatoms. The van der Waals surface area contributed by atoms with Crippen LogP contribution in [0.4, 0.5) is 0 Å². The van der Waals surface area contributed by atoms with Gasteiger partial charge in [0.25, 0.3) is 0 Å². The summed E-state index contributed by atoms with van der Waals surface area (Å²) < 4.78 is 5.50. The van der Waals surface area contributed by atoms with Crippen molar-refractivity contribution in [1.82, 2.24) is 5.32 Å². The number of rotatable bonds is 63. The molecule has 0 aliphatic heterocycles. The molecular formula is C68H131NO5. The monoisotopic (exact) mass is 1040 g/mol. The molecule has 0 aromatic carbocycles. The van der Waals surface area contributed by atoms with Gasteiger partial charge >= 0.3 is 5.97 Å². The molecule has 2 unspecified atom stereocenters. The van der Waals surface area contributed by atoms with Crippen LogP contribution in [0.2, 0.25) is 0 Å². The van der Waals surface area contributed by atoms with E-state index in [4.69, 9.17) is 4.74 Å². The fourth-order valence-corrected chi connectivity index (χ4v) is 10.6. The summed E-state index contributed by atoms with van der Waals surface area (Å²) in [6.07, 6.45) is 79.8. The second kappa shape index (κ2) is 63.9. The Morgan fingerprint density at radius 2 is 0.635 bits per heavy atom. The van der Waals surface area contributed by atoms with Crippen molar-refractivity contribution < 1.29 is 24.5 Å². The number of unbranched alkanes of at least 4 members (excludes halogenated alkanes) is 50. The maximum atomic E-state index is 12.4. The van der Waals surface area contributed by atoms with Crippen molar-refractivity contribution in [2.45, 2.75) is 386 Å². The van der Waals surface area contributed by atoms with Gasteiger partial charge in [-0.3, -0.25) is 9.59 Å². The van der Waals surface area contributed by atoms with Crippen LogP contribution in [0.5, 0.6) is 0 Å². The van der Waals surface area contributed by atoms with E-state index in [1.54, 1.807) is 6.08 Å². The summed E-state index contributed by atoms with van der Waals surface area (Å²) in [5.74, 6) is -0.0447. The average Bonchev–Trinajstić information content (AvgIpc) is 3.40. The minimum Gasteiger partial charge on any atom is -0.466 e. The Bertz CT molecular complexity index is 1150. The normalized spacial score (nSPS) is 12.6. The number of allylic oxidation sites excluding steroid dienone is 3. The molecule has 2 atom stereocenters. The number of carbonyl (C=O) groups excluding carboxylic acids is 2. The zero-order valence-electron chi connectivity index (χ0n) is 50.1. The van der Waals surface area contributed by atoms with Gasteiger partial charge in [-0.05, 0) is 57.8 Å². The summed E-state index contributed by atoms with van der Waals surface area (Å²) in [6, 6.07) is -0.623. The molecule has 0 spiro atoms. The van der Waals surface area contributed by atoms with E-state index in [-0.39, 0.29) is 18.5 Å². The van der Waals surface area contributed by atoms with Crippen LogP contribution in [-0.2, 0) is 14.3 Å². The third-order valence-corrected chi connectivity index (χ3v) is 15.7. The highest BCUT2D eigenvalue weighted by Gasteiger charge is 2.18. The topological polar surface area (TPSA) is 95.9 Å². The lowest BCUT2D eigenvalue weighted by Crippen LogP contribution is -2.45. The van der Waals surface area contributed by atoms with Crippen molar-refractivity contribution in [1.29, 1.82) is 0 Å². The van der Waals surface area contributed by atoms with E-state index in [1.165, 1.54) is 308 Å². The Morgan fingerprint density at radius 1 is 0.365 bits per heavy atom. The third kappa shape index (κ3) is 59.6. The van der Waals surface area contributed by atoms with Crippen LogP contribution in [0, 0.1) is 0 Å². The van der Waals surface area contributed by atoms with E-state index in [1.807, 2.05) is 6.08 Å². The number of esters is 1. The molecule has 438 valence electrons. The second-order valence-corrected chi connectivity index (χ2v) is 23.2. The Morgan fingerprint density at radius 3 is 0.959 bits per heavy atom. The Labute approximate surface area is 462 Å². The maximum Gasteiger partial charge on any atom is 0.305 e. The summed E-state index contributed by atoms with van der Waals surface area (Å²) in [5, 5.41) is 23.0. The van der Waals surface area contributed by atoms with Gasteiger partial charge < -0.3 is 20.3 Å². The highest BCUT2D eigenvalue weighted by molar-refractivity contribution is 5.76. The van der Waals surface area contributed by atoms with E-state index in [9.17, 15) is 19.8 Å². The van der Waals surface area contributed by atoms with Gasteiger partial charge in [-0.25, -0.2) is 0 Å². The summed E-state index contributed by atoms with van der Waals surface area (Å²) in [5.41, 5.74) is 0. The molecule has 74 heavy (non-hydrogen) atoms. The number of hydrogen-bond acceptors (Lipinski definition) is 5. The lowest BCUT2D eigenvalue weighted by atomic mass is 10.0. The van der Waals surface area contributed by atoms with E-state index in [0.29, 0.717) is 19.4 Å². The highest BCUT2D eigenvalue weighted by atomic mass is 16.5. The van der Waals surface area contributed by atoms with Crippen LogP contribution in [0.3, 0.4) is 0 Å². The molecular weight excluding hydrogens is 911 g/mol. The van der Waals surface area contributed by atoms with Crippen LogP contribution in [0.15, 0.2) is 24.3 Å². The minimum atomic E-state index is -0.840. The third-order valence-electron chi connectivity index (χ3n) is 15.7. The van der Waals surface area contributed by atoms with Crippen molar-refractivity contribution in [3.05, 3.63) is 24.3 Å². The van der Waals surface area contributed by atoms with Gasteiger partial charge in [0, 0.05) is 12.8 Å². The van der Waals surface area contributed by atoms with Crippen LogP contribution in [0.25, 0.3) is 0 Å². The summed E-state index contributed by atoms with van der Waals surface area (Å²) in [7, 11) is 0. The highest BCUT2D eigenvalue weighted by Crippen LogP contribution is 2.18. The predicted molar refractivity (Wildman–Crippen MR) is 324 cm³/mol. The Hall–Kier alpha value is -1.66. The van der Waals surface area contributed by atoms with E-state index in [0.717, 1.165) is 38.5 Å². The molecule has 0 aromatic rings. The number of nitrogens with one attached hydrogen (secondary N) is 1. The van der Waals surface area contributed by atoms with Crippen LogP contribution < -0.4 is 5.32 Å². The molecule has 0 rings (SSSR count). The quantitative estimate of drug-likeness (QED) is 0.0320. The number of amides is 1.